The van der Waals surface area contributed by atoms with Crippen LogP contribution in [-0.2, 0) is 30.5 Å². The number of nitrogens with zero attached hydrogens (tertiary/aromatic N) is 7. The second-order valence-corrected chi connectivity index (χ2v) is 11.6. The Labute approximate surface area is 281 Å². The van der Waals surface area contributed by atoms with Gasteiger partial charge in [0, 0.05) is 53.9 Å². The molecule has 0 saturated carbocycles. The number of benzene rings is 3. The number of hydrogen-bond acceptors (Lipinski definition) is 5. The van der Waals surface area contributed by atoms with E-state index in [1.54, 1.807) is 59.9 Å². The molecular formula is C34H34F3N9OS. The van der Waals surface area contributed by atoms with Crippen LogP contribution in [0, 0.1) is 17.2 Å². The van der Waals surface area contributed by atoms with Gasteiger partial charge in [-0.2, -0.15) is 18.4 Å². The predicted molar refractivity (Wildman–Crippen MR) is 181 cm³/mol. The Hall–Kier alpha value is -5.38. The lowest BCUT2D eigenvalue weighted by molar-refractivity contribution is -0.138. The Bertz CT molecular complexity index is 1790. The summed E-state index contributed by atoms with van der Waals surface area (Å²) in [4.78, 5) is 22.1. The first-order valence-electron chi connectivity index (χ1n) is 15.1. The molecule has 248 valence electrons. The van der Waals surface area contributed by atoms with Gasteiger partial charge < -0.3 is 20.1 Å². The molecular weight excluding hydrogens is 639 g/mol. The summed E-state index contributed by atoms with van der Waals surface area (Å²) < 4.78 is 43.8. The first kappa shape index (κ1) is 35.5. The van der Waals surface area contributed by atoms with Gasteiger partial charge in [-0.1, -0.05) is 67.8 Å². The molecule has 0 spiro atoms. The van der Waals surface area contributed by atoms with Gasteiger partial charge in [0.1, 0.15) is 0 Å². The van der Waals surface area contributed by atoms with Crippen LogP contribution in [0.4, 0.5) is 24.5 Å². The number of halogens is 3. The quantitative estimate of drug-likeness (QED) is 0.0646. The van der Waals surface area contributed by atoms with E-state index in [1.165, 1.54) is 12.1 Å². The number of carbonyl (C=O) groups excluding carboxylic acids is 1. The Morgan fingerprint density at radius 1 is 1.15 bits per heavy atom. The molecule has 1 aromatic heterocycles. The third-order valence-electron chi connectivity index (χ3n) is 7.92. The van der Waals surface area contributed by atoms with Crippen molar-refractivity contribution in [2.45, 2.75) is 52.0 Å². The van der Waals surface area contributed by atoms with E-state index in [0.717, 1.165) is 11.6 Å². The van der Waals surface area contributed by atoms with Crippen molar-refractivity contribution in [2.24, 2.45) is 11.0 Å². The summed E-state index contributed by atoms with van der Waals surface area (Å²) in [5.41, 5.74) is 11.1. The van der Waals surface area contributed by atoms with Crippen molar-refractivity contribution in [3.63, 3.8) is 0 Å². The zero-order chi connectivity index (χ0) is 34.7. The average Bonchev–Trinajstić information content (AvgIpc) is 3.50. The van der Waals surface area contributed by atoms with Crippen LogP contribution in [0.2, 0.25) is 0 Å². The van der Waals surface area contributed by atoms with Crippen LogP contribution in [0.1, 0.15) is 48.2 Å². The first-order valence-corrected chi connectivity index (χ1v) is 15.5. The van der Waals surface area contributed by atoms with E-state index in [0.29, 0.717) is 35.6 Å². The molecule has 0 bridgehead atoms. The average molecular weight is 674 g/mol. The standard InChI is InChI=1S/C34H34F3N9OS/c1-3-23(2)31(42-32(47)16-29-18-40-22-46(29)19-25-10-8-24(17-38)9-11-25)21-45(20-26-6-4-5-7-30(26)34(35,36)37)33(48)41-27-12-14-28(15-13-27)43-44-39/h4-15,18,22-23,31H,3,16,19-21H2,1-2H3,(H,41,48)(H,42,47)/t23-,31+/m0/s1. The fourth-order valence-electron chi connectivity index (χ4n) is 5.06. The van der Waals surface area contributed by atoms with Gasteiger partial charge in [-0.05, 0) is 65.1 Å². The molecule has 1 heterocycles. The van der Waals surface area contributed by atoms with Gasteiger partial charge in [0.05, 0.1) is 29.9 Å². The topological polar surface area (TPSA) is 135 Å². The summed E-state index contributed by atoms with van der Waals surface area (Å²) in [6.07, 6.45) is -0.598. The summed E-state index contributed by atoms with van der Waals surface area (Å²) in [6.45, 7) is 4.35. The van der Waals surface area contributed by atoms with Crippen molar-refractivity contribution in [3.8, 4) is 6.07 Å². The third kappa shape index (κ3) is 9.81. The highest BCUT2D eigenvalue weighted by molar-refractivity contribution is 7.80. The number of rotatable bonds is 13. The Kier molecular flexibility index (Phi) is 12.2. The number of nitrogens with one attached hydrogen (secondary N) is 2. The van der Waals surface area contributed by atoms with E-state index in [1.807, 2.05) is 30.5 Å². The van der Waals surface area contributed by atoms with Gasteiger partial charge >= 0.3 is 6.18 Å². The molecule has 3 aromatic carbocycles. The molecule has 2 N–H and O–H groups in total. The molecule has 4 aromatic rings. The van der Waals surface area contributed by atoms with Gasteiger partial charge in [0.15, 0.2) is 5.11 Å². The molecule has 2 atom stereocenters. The van der Waals surface area contributed by atoms with Crippen LogP contribution in [0.5, 0.6) is 0 Å². The highest BCUT2D eigenvalue weighted by Crippen LogP contribution is 2.32. The fourth-order valence-corrected chi connectivity index (χ4v) is 5.31. The van der Waals surface area contributed by atoms with Crippen molar-refractivity contribution in [3.05, 3.63) is 124 Å². The van der Waals surface area contributed by atoms with Gasteiger partial charge in [0.25, 0.3) is 0 Å². The molecule has 14 heteroatoms. The minimum atomic E-state index is -4.57. The number of aromatic nitrogens is 2. The molecule has 10 nitrogen and oxygen atoms in total. The first-order chi connectivity index (χ1) is 23.0. The summed E-state index contributed by atoms with van der Waals surface area (Å²) in [7, 11) is 0. The molecule has 0 aliphatic rings. The van der Waals surface area contributed by atoms with Crippen LogP contribution < -0.4 is 10.6 Å². The van der Waals surface area contributed by atoms with Crippen LogP contribution in [0.25, 0.3) is 10.4 Å². The smallest absolute Gasteiger partial charge is 0.351 e. The normalized spacial score (nSPS) is 12.2. The van der Waals surface area contributed by atoms with E-state index >= 15 is 0 Å². The van der Waals surface area contributed by atoms with E-state index in [-0.39, 0.29) is 42.0 Å². The number of alkyl halides is 3. The largest absolute Gasteiger partial charge is 0.416 e. The fraction of sp³-hybridized carbons (Fsp3) is 0.294. The molecule has 0 aliphatic carbocycles. The maximum absolute atomic E-state index is 14.0. The molecule has 48 heavy (non-hydrogen) atoms. The summed E-state index contributed by atoms with van der Waals surface area (Å²) in [5.74, 6) is -0.325. The molecule has 0 unspecified atom stereocenters. The van der Waals surface area contributed by atoms with Crippen molar-refractivity contribution < 1.29 is 18.0 Å². The number of azide groups is 1. The lowest BCUT2D eigenvalue weighted by Crippen LogP contribution is -2.50. The van der Waals surface area contributed by atoms with Gasteiger partial charge in [-0.15, -0.1) is 0 Å². The molecule has 1 amide bonds. The highest BCUT2D eigenvalue weighted by atomic mass is 32.1. The van der Waals surface area contributed by atoms with Gasteiger partial charge in [-0.25, -0.2) is 4.98 Å². The van der Waals surface area contributed by atoms with Crippen LogP contribution >= 0.6 is 12.2 Å². The SMILES string of the molecule is CC[C@H](C)[C@@H](CN(Cc1ccccc1C(F)(F)F)C(=S)Nc1ccc(N=[N+]=[N-])cc1)NC(=O)Cc1cncn1Cc1ccc(C#N)cc1. The van der Waals surface area contributed by atoms with Crippen molar-refractivity contribution in [1.29, 1.82) is 5.26 Å². The maximum atomic E-state index is 14.0. The van der Waals surface area contributed by atoms with E-state index in [2.05, 4.69) is 31.7 Å². The minimum Gasteiger partial charge on any atom is -0.351 e. The monoisotopic (exact) mass is 673 g/mol. The van der Waals surface area contributed by atoms with Crippen molar-refractivity contribution >= 4 is 34.6 Å². The second-order valence-electron chi connectivity index (χ2n) is 11.3. The molecule has 0 fully saturated rings. The number of thiocarbonyl (C=S) groups is 1. The maximum Gasteiger partial charge on any atom is 0.416 e. The predicted octanol–water partition coefficient (Wildman–Crippen LogP) is 7.74. The molecule has 4 rings (SSSR count). The highest BCUT2D eigenvalue weighted by Gasteiger charge is 2.34. The zero-order valence-electron chi connectivity index (χ0n) is 26.4. The van der Waals surface area contributed by atoms with Crippen LogP contribution in [0.3, 0.4) is 0 Å². The molecule has 0 aliphatic heterocycles. The number of carbonyl (C=O) groups is 1. The summed E-state index contributed by atoms with van der Waals surface area (Å²) in [5, 5.41) is 19.0. The number of hydrogen-bond donors (Lipinski definition) is 2. The van der Waals surface area contributed by atoms with Gasteiger partial charge in [-0.3, -0.25) is 4.79 Å². The minimum absolute atomic E-state index is 0.0281. The van der Waals surface area contributed by atoms with Crippen molar-refractivity contribution in [1.82, 2.24) is 19.8 Å². The molecule has 0 radical (unpaired) electrons. The number of imidazole rings is 1. The Morgan fingerprint density at radius 3 is 2.50 bits per heavy atom. The summed E-state index contributed by atoms with van der Waals surface area (Å²) >= 11 is 5.73. The summed E-state index contributed by atoms with van der Waals surface area (Å²) in [6, 6.07) is 20.6. The van der Waals surface area contributed by atoms with E-state index in [4.69, 9.17) is 23.0 Å². The molecule has 0 saturated heterocycles. The number of nitriles is 1. The van der Waals surface area contributed by atoms with E-state index in [9.17, 15) is 18.0 Å². The Morgan fingerprint density at radius 2 is 1.85 bits per heavy atom. The number of anilines is 1. The number of amides is 1. The van der Waals surface area contributed by atoms with E-state index < -0.39 is 17.8 Å². The zero-order valence-corrected chi connectivity index (χ0v) is 27.2. The van der Waals surface area contributed by atoms with Crippen molar-refractivity contribution in [2.75, 3.05) is 11.9 Å². The lowest BCUT2D eigenvalue weighted by Gasteiger charge is -2.34. The second kappa shape index (κ2) is 16.4. The Balaban J connectivity index is 1.55. The van der Waals surface area contributed by atoms with Gasteiger partial charge in [0.2, 0.25) is 5.91 Å². The van der Waals surface area contributed by atoms with Crippen LogP contribution in [0.15, 0.2) is 90.4 Å². The lowest BCUT2D eigenvalue weighted by atomic mass is 9.97. The third-order valence-corrected chi connectivity index (χ3v) is 8.28. The van der Waals surface area contributed by atoms with Crippen LogP contribution in [-0.4, -0.2) is 38.1 Å².